The van der Waals surface area contributed by atoms with E-state index in [0.29, 0.717) is 11.7 Å². The molecule has 108 valence electrons. The highest BCUT2D eigenvalue weighted by atomic mass is 15.1. The summed E-state index contributed by atoms with van der Waals surface area (Å²) in [5, 5.41) is 3.34. The molecule has 0 amide bonds. The number of imidazole rings is 1. The first-order valence-electron chi connectivity index (χ1n) is 7.12. The molecule has 1 atom stereocenters. The minimum atomic E-state index is 0.485. The van der Waals surface area contributed by atoms with Gasteiger partial charge >= 0.3 is 0 Å². The highest BCUT2D eigenvalue weighted by Crippen LogP contribution is 2.19. The van der Waals surface area contributed by atoms with E-state index in [2.05, 4.69) is 46.5 Å². The topological polar surface area (TPSA) is 68.2 Å². The Morgan fingerprint density at radius 1 is 1.29 bits per heavy atom. The zero-order valence-electron chi connectivity index (χ0n) is 12.0. The number of benzene rings is 1. The molecule has 0 saturated carbocycles. The first kappa shape index (κ1) is 13.4. The summed E-state index contributed by atoms with van der Waals surface area (Å²) < 4.78 is 1.88. The summed E-state index contributed by atoms with van der Waals surface area (Å²) >= 11 is 0. The van der Waals surface area contributed by atoms with Crippen LogP contribution < -0.4 is 11.1 Å². The molecule has 2 heterocycles. The lowest BCUT2D eigenvalue weighted by atomic mass is 9.98. The fourth-order valence-corrected chi connectivity index (χ4v) is 2.42. The molecule has 0 radical (unpaired) electrons. The Kier molecular flexibility index (Phi) is 3.73. The second-order valence-electron chi connectivity index (χ2n) is 5.20. The molecule has 2 aromatic heterocycles. The van der Waals surface area contributed by atoms with Crippen LogP contribution in [0.5, 0.6) is 0 Å². The Labute approximate surface area is 123 Å². The summed E-state index contributed by atoms with van der Waals surface area (Å²) in [6.07, 6.45) is 6.40. The minimum Gasteiger partial charge on any atom is -0.382 e. The molecule has 3 aromatic rings. The largest absolute Gasteiger partial charge is 0.382 e. The van der Waals surface area contributed by atoms with Crippen molar-refractivity contribution in [2.24, 2.45) is 0 Å². The van der Waals surface area contributed by atoms with Crippen molar-refractivity contribution in [2.75, 3.05) is 17.6 Å². The Hall–Kier alpha value is -2.56. The van der Waals surface area contributed by atoms with Gasteiger partial charge in [0.25, 0.3) is 0 Å². The number of aromatic nitrogens is 3. The molecule has 0 aliphatic rings. The highest BCUT2D eigenvalue weighted by Gasteiger charge is 2.08. The average molecular weight is 281 g/mol. The summed E-state index contributed by atoms with van der Waals surface area (Å²) in [6, 6.07) is 10.5. The van der Waals surface area contributed by atoms with E-state index in [-0.39, 0.29) is 0 Å². The lowest BCUT2D eigenvalue weighted by Gasteiger charge is -2.13. The Bertz CT molecular complexity index is 720. The van der Waals surface area contributed by atoms with Gasteiger partial charge in [0.1, 0.15) is 5.82 Å². The number of hydrogen-bond donors (Lipinski definition) is 2. The second kappa shape index (κ2) is 5.83. The van der Waals surface area contributed by atoms with E-state index in [1.54, 1.807) is 12.4 Å². The summed E-state index contributed by atoms with van der Waals surface area (Å²) in [5.74, 6) is 1.72. The molecular weight excluding hydrogens is 262 g/mol. The van der Waals surface area contributed by atoms with Gasteiger partial charge in [0.15, 0.2) is 11.5 Å². The van der Waals surface area contributed by atoms with Gasteiger partial charge in [-0.3, -0.25) is 0 Å². The third kappa shape index (κ3) is 2.97. The molecular formula is C16H19N5. The number of hydrogen-bond acceptors (Lipinski definition) is 4. The van der Waals surface area contributed by atoms with Gasteiger partial charge in [-0.05, 0) is 17.9 Å². The van der Waals surface area contributed by atoms with Gasteiger partial charge in [-0.25, -0.2) is 9.97 Å². The summed E-state index contributed by atoms with van der Waals surface area (Å²) in [7, 11) is 0. The summed E-state index contributed by atoms with van der Waals surface area (Å²) in [5.41, 5.74) is 7.96. The smallest absolute Gasteiger partial charge is 0.180 e. The second-order valence-corrected chi connectivity index (χ2v) is 5.20. The third-order valence-corrected chi connectivity index (χ3v) is 3.63. The van der Waals surface area contributed by atoms with Crippen molar-refractivity contribution in [3.05, 3.63) is 54.5 Å². The van der Waals surface area contributed by atoms with Crippen molar-refractivity contribution in [2.45, 2.75) is 19.3 Å². The van der Waals surface area contributed by atoms with Crippen molar-refractivity contribution in [3.63, 3.8) is 0 Å². The van der Waals surface area contributed by atoms with Gasteiger partial charge in [-0.15, -0.1) is 0 Å². The quantitative estimate of drug-likeness (QED) is 0.754. The van der Waals surface area contributed by atoms with Crippen LogP contribution in [0.2, 0.25) is 0 Å². The van der Waals surface area contributed by atoms with E-state index < -0.39 is 0 Å². The van der Waals surface area contributed by atoms with Crippen LogP contribution in [0, 0.1) is 0 Å². The van der Waals surface area contributed by atoms with E-state index in [1.165, 1.54) is 5.56 Å². The van der Waals surface area contributed by atoms with Gasteiger partial charge in [0, 0.05) is 18.9 Å². The third-order valence-electron chi connectivity index (χ3n) is 3.63. The number of anilines is 2. The number of nitrogen functional groups attached to an aromatic ring is 1. The Morgan fingerprint density at radius 3 is 2.90 bits per heavy atom. The number of nitrogens with zero attached hydrogens (tertiary/aromatic N) is 3. The van der Waals surface area contributed by atoms with Crippen molar-refractivity contribution in [3.8, 4) is 0 Å². The predicted octanol–water partition coefficient (Wildman–Crippen LogP) is 2.92. The van der Waals surface area contributed by atoms with Gasteiger partial charge in [0.2, 0.25) is 0 Å². The maximum absolute atomic E-state index is 5.81. The van der Waals surface area contributed by atoms with Gasteiger partial charge in [-0.1, -0.05) is 37.3 Å². The Morgan fingerprint density at radius 2 is 2.10 bits per heavy atom. The lowest BCUT2D eigenvalue weighted by molar-refractivity contribution is 0.705. The van der Waals surface area contributed by atoms with Crippen LogP contribution in [0.25, 0.3) is 5.65 Å². The van der Waals surface area contributed by atoms with Crippen LogP contribution in [0.4, 0.5) is 11.6 Å². The van der Waals surface area contributed by atoms with Gasteiger partial charge in [0.05, 0.1) is 6.20 Å². The maximum Gasteiger partial charge on any atom is 0.180 e. The first-order chi connectivity index (χ1) is 10.2. The van der Waals surface area contributed by atoms with Crippen LogP contribution in [-0.4, -0.2) is 20.9 Å². The predicted molar refractivity (Wildman–Crippen MR) is 85.4 cm³/mol. The van der Waals surface area contributed by atoms with Gasteiger partial charge in [-0.2, -0.15) is 0 Å². The van der Waals surface area contributed by atoms with Crippen LogP contribution in [-0.2, 0) is 0 Å². The van der Waals surface area contributed by atoms with Crippen LogP contribution in [0.3, 0.4) is 0 Å². The molecule has 1 aromatic carbocycles. The molecule has 0 aliphatic heterocycles. The Balaban J connectivity index is 1.66. The zero-order chi connectivity index (χ0) is 14.7. The standard InChI is InChI=1S/C16H19N5/c1-12(13-5-3-2-4-6-13)7-8-18-15-16-19-9-10-21(16)11-14(17)20-15/h2-6,9-12H,7-8,17H2,1H3,(H,18,20). The number of rotatable bonds is 5. The normalized spacial score (nSPS) is 12.4. The molecule has 0 spiro atoms. The maximum atomic E-state index is 5.81. The van der Waals surface area contributed by atoms with E-state index in [1.807, 2.05) is 16.7 Å². The van der Waals surface area contributed by atoms with Gasteiger partial charge < -0.3 is 15.5 Å². The average Bonchev–Trinajstić information content (AvgIpc) is 2.96. The minimum absolute atomic E-state index is 0.485. The molecule has 3 N–H and O–H groups in total. The van der Waals surface area contributed by atoms with E-state index >= 15 is 0 Å². The SMILES string of the molecule is CC(CCNc1nc(N)cn2ccnc12)c1ccccc1. The fraction of sp³-hybridized carbons (Fsp3) is 0.250. The van der Waals surface area contributed by atoms with E-state index in [9.17, 15) is 0 Å². The molecule has 3 rings (SSSR count). The van der Waals surface area contributed by atoms with E-state index in [4.69, 9.17) is 5.73 Å². The van der Waals surface area contributed by atoms with E-state index in [0.717, 1.165) is 24.4 Å². The number of nitrogens with two attached hydrogens (primary N) is 1. The van der Waals surface area contributed by atoms with Crippen molar-refractivity contribution >= 4 is 17.3 Å². The fourth-order valence-electron chi connectivity index (χ4n) is 2.42. The molecule has 0 fully saturated rings. The van der Waals surface area contributed by atoms with Crippen LogP contribution >= 0.6 is 0 Å². The lowest BCUT2D eigenvalue weighted by Crippen LogP contribution is -2.09. The monoisotopic (exact) mass is 281 g/mol. The zero-order valence-corrected chi connectivity index (χ0v) is 12.0. The molecule has 0 saturated heterocycles. The number of nitrogens with one attached hydrogen (secondary N) is 1. The van der Waals surface area contributed by atoms with Crippen molar-refractivity contribution in [1.29, 1.82) is 0 Å². The molecule has 1 unspecified atom stereocenters. The number of fused-ring (bicyclic) bond motifs is 1. The molecule has 5 heteroatoms. The molecule has 21 heavy (non-hydrogen) atoms. The molecule has 0 aliphatic carbocycles. The van der Waals surface area contributed by atoms with Crippen molar-refractivity contribution < 1.29 is 0 Å². The van der Waals surface area contributed by atoms with Crippen molar-refractivity contribution in [1.82, 2.24) is 14.4 Å². The summed E-state index contributed by atoms with van der Waals surface area (Å²) in [6.45, 7) is 3.06. The van der Waals surface area contributed by atoms with Crippen LogP contribution in [0.15, 0.2) is 48.9 Å². The molecule has 5 nitrogen and oxygen atoms in total. The molecule has 0 bridgehead atoms. The van der Waals surface area contributed by atoms with Crippen LogP contribution in [0.1, 0.15) is 24.8 Å². The first-order valence-corrected chi connectivity index (χ1v) is 7.12. The summed E-state index contributed by atoms with van der Waals surface area (Å²) in [4.78, 5) is 8.62. The highest BCUT2D eigenvalue weighted by molar-refractivity contribution is 5.64.